The van der Waals surface area contributed by atoms with Crippen LogP contribution in [0.1, 0.15) is 173 Å². The van der Waals surface area contributed by atoms with Crippen LogP contribution in [-0.2, 0) is 88.2 Å². The molecule has 0 heterocycles. The Morgan fingerprint density at radius 3 is 0.865 bits per heavy atom. The number of alkyl halides is 8. The minimum Gasteiger partial charge on any atom is -0.462 e. The first-order valence-electron chi connectivity index (χ1n) is 33.9. The number of ether oxygens (including phenoxy) is 8. The Hall–Kier alpha value is -9.48. The smallest absolute Gasteiger partial charge is 0.432 e. The second kappa shape index (κ2) is 40.5. The molecular formula is C80H88F12O12. The lowest BCUT2D eigenvalue weighted by atomic mass is 10.0. The van der Waals surface area contributed by atoms with E-state index in [2.05, 4.69) is 35.8 Å². The van der Waals surface area contributed by atoms with Gasteiger partial charge in [-0.3, -0.25) is 0 Å². The van der Waals surface area contributed by atoms with Crippen molar-refractivity contribution in [2.75, 3.05) is 26.4 Å². The molecule has 24 heteroatoms. The van der Waals surface area contributed by atoms with Gasteiger partial charge in [-0.25, -0.2) is 36.7 Å². The normalized spacial score (nSPS) is 11.6. The van der Waals surface area contributed by atoms with E-state index in [1.807, 2.05) is 0 Å². The summed E-state index contributed by atoms with van der Waals surface area (Å²) < 4.78 is 219. The quantitative estimate of drug-likeness (QED) is 0.0118. The summed E-state index contributed by atoms with van der Waals surface area (Å²) in [5, 5.41) is 0. The number of hydrogen-bond acceptors (Lipinski definition) is 12. The third-order valence-corrected chi connectivity index (χ3v) is 15.9. The van der Waals surface area contributed by atoms with Gasteiger partial charge in [-0.1, -0.05) is 76.3 Å². The Morgan fingerprint density at radius 2 is 0.567 bits per heavy atom. The van der Waals surface area contributed by atoms with Crippen LogP contribution in [0.5, 0.6) is 23.0 Å². The first-order valence-corrected chi connectivity index (χ1v) is 33.9. The molecular weight excluding hydrogens is 1380 g/mol. The van der Waals surface area contributed by atoms with Crippen molar-refractivity contribution in [2.24, 2.45) is 0 Å². The van der Waals surface area contributed by atoms with Crippen LogP contribution in [0, 0.1) is 37.1 Å². The van der Waals surface area contributed by atoms with Crippen molar-refractivity contribution in [3.8, 4) is 23.0 Å². The number of unbranched alkanes of at least 4 members (excludes halogenated alkanes) is 10. The van der Waals surface area contributed by atoms with Gasteiger partial charge in [0.2, 0.25) is 0 Å². The maximum atomic E-state index is 15.1. The highest BCUT2D eigenvalue weighted by Gasteiger charge is 2.44. The molecule has 0 saturated carbocycles. The van der Waals surface area contributed by atoms with Gasteiger partial charge in [0.1, 0.15) is 57.4 Å². The van der Waals surface area contributed by atoms with Crippen LogP contribution in [0.25, 0.3) is 0 Å². The summed E-state index contributed by atoms with van der Waals surface area (Å²) >= 11 is 0. The number of carbonyl (C=O) groups excluding carboxylic acids is 4. The molecule has 0 aliphatic heterocycles. The molecule has 564 valence electrons. The fraction of sp³-hybridized carbons (Fsp3) is 0.400. The molecule has 0 fully saturated rings. The van der Waals surface area contributed by atoms with Crippen molar-refractivity contribution in [1.82, 2.24) is 0 Å². The molecule has 0 aliphatic rings. The fourth-order valence-corrected chi connectivity index (χ4v) is 10.2. The summed E-state index contributed by atoms with van der Waals surface area (Å²) in [6, 6.07) is 20.8. The molecule has 0 radical (unpaired) electrons. The zero-order valence-corrected chi connectivity index (χ0v) is 59.2. The highest BCUT2D eigenvalue weighted by Crippen LogP contribution is 2.42. The third kappa shape index (κ3) is 27.9. The van der Waals surface area contributed by atoms with Crippen LogP contribution in [0.4, 0.5) is 52.7 Å². The Kier molecular flexibility index (Phi) is 33.2. The zero-order valence-electron chi connectivity index (χ0n) is 59.2. The molecule has 0 aromatic heterocycles. The van der Waals surface area contributed by atoms with Gasteiger partial charge in [-0.2, -0.15) is 35.1 Å². The average molecular weight is 1470 g/mol. The molecule has 0 aliphatic carbocycles. The molecule has 6 aromatic carbocycles. The number of halogens is 12. The van der Waals surface area contributed by atoms with Crippen LogP contribution < -0.4 is 18.9 Å². The van der Waals surface area contributed by atoms with Crippen LogP contribution in [0.3, 0.4) is 0 Å². The average Bonchev–Trinajstić information content (AvgIpc) is 0.794. The first kappa shape index (κ1) is 85.2. The van der Waals surface area contributed by atoms with E-state index in [0.29, 0.717) is 75.7 Å². The van der Waals surface area contributed by atoms with E-state index in [4.69, 9.17) is 28.4 Å². The predicted octanol–water partition coefficient (Wildman–Crippen LogP) is 21.2. The van der Waals surface area contributed by atoms with E-state index in [-0.39, 0.29) is 82.1 Å². The van der Waals surface area contributed by atoms with Crippen molar-refractivity contribution in [3.63, 3.8) is 0 Å². The van der Waals surface area contributed by atoms with E-state index in [1.165, 1.54) is 63.2 Å². The minimum absolute atomic E-state index is 0.106. The van der Waals surface area contributed by atoms with Gasteiger partial charge in [-0.05, 0) is 250 Å². The summed E-state index contributed by atoms with van der Waals surface area (Å²) in [4.78, 5) is 45.5. The summed E-state index contributed by atoms with van der Waals surface area (Å²) in [6.07, 6.45) is -5.05. The maximum absolute atomic E-state index is 15.1. The molecule has 0 saturated heterocycles. The fourth-order valence-electron chi connectivity index (χ4n) is 10.2. The lowest BCUT2D eigenvalue weighted by Crippen LogP contribution is -2.26. The molecule has 104 heavy (non-hydrogen) atoms. The van der Waals surface area contributed by atoms with E-state index >= 15 is 35.1 Å². The molecule has 6 rings (SSSR count). The van der Waals surface area contributed by atoms with E-state index in [1.54, 1.807) is 38.1 Å². The molecule has 0 spiro atoms. The summed E-state index contributed by atoms with van der Waals surface area (Å²) in [6.45, 7) is 23.8. The van der Waals surface area contributed by atoms with Gasteiger partial charge in [0, 0.05) is 22.3 Å². The molecule has 0 unspecified atom stereocenters. The predicted molar refractivity (Wildman–Crippen MR) is 369 cm³/mol. The van der Waals surface area contributed by atoms with Crippen molar-refractivity contribution in [1.29, 1.82) is 0 Å². The number of carbonyl (C=O) groups is 4. The number of aryl methyl sites for hydroxylation is 6. The van der Waals surface area contributed by atoms with E-state index in [9.17, 15) is 36.7 Å². The minimum atomic E-state index is -4.54. The van der Waals surface area contributed by atoms with E-state index < -0.39 is 94.2 Å². The van der Waals surface area contributed by atoms with Crippen LogP contribution in [-0.4, -0.2) is 50.3 Å². The number of esters is 4. The van der Waals surface area contributed by atoms with Crippen LogP contribution in [0.15, 0.2) is 158 Å². The molecule has 0 amide bonds. The summed E-state index contributed by atoms with van der Waals surface area (Å²) in [5.41, 5.74) is -0.772. The standard InChI is InChI=1S/C41H48F4O6.C39H40F8O6/c1-29(2)38(46)48-26-12-8-6-10-14-32-16-20-34(21-17-32)40(42,43)50-36-24-25-37(31(5)28-36)51-41(44,45)35-22-18-33(19-23-35)15-11-7-9-13-27-49-39(47)30(3)4;1-23(2)36(48)50-16-10-6-8-12-26-19-29(40)34(30(41)20-26)38(44,45)52-28-14-15-33(25(5)18-28)53-39(46,47)35-31(42)21-27(22-32(35)43)13-9-7-11-17-51-37(49)24(3)4/h16-25,28H,1,3,6-15,26-27H2,2,4-5H3;14-15,18-22H,1,3,6-13,16-17H2,2,4-5H3. The molecule has 0 bridgehead atoms. The maximum Gasteiger partial charge on any atom is 0.432 e. The van der Waals surface area contributed by atoms with Crippen molar-refractivity contribution in [2.45, 2.75) is 182 Å². The van der Waals surface area contributed by atoms with Gasteiger partial charge in [0.05, 0.1) is 37.6 Å². The summed E-state index contributed by atoms with van der Waals surface area (Å²) in [7, 11) is 0. The van der Waals surface area contributed by atoms with Gasteiger partial charge in [-0.15, -0.1) is 0 Å². The Balaban J connectivity index is 0.000000374. The van der Waals surface area contributed by atoms with Gasteiger partial charge in [0.25, 0.3) is 0 Å². The third-order valence-electron chi connectivity index (χ3n) is 15.9. The highest BCUT2D eigenvalue weighted by atomic mass is 19.3. The topological polar surface area (TPSA) is 142 Å². The molecule has 0 atom stereocenters. The van der Waals surface area contributed by atoms with E-state index in [0.717, 1.165) is 112 Å². The number of benzene rings is 6. The van der Waals surface area contributed by atoms with Gasteiger partial charge < -0.3 is 37.9 Å². The lowest BCUT2D eigenvalue weighted by Gasteiger charge is -2.23. The summed E-state index contributed by atoms with van der Waals surface area (Å²) in [5.74, 6) is -9.84. The largest absolute Gasteiger partial charge is 0.462 e. The Labute approximate surface area is 599 Å². The van der Waals surface area contributed by atoms with Crippen molar-refractivity contribution in [3.05, 3.63) is 237 Å². The highest BCUT2D eigenvalue weighted by molar-refractivity contribution is 5.88. The first-order chi connectivity index (χ1) is 49.0. The number of hydrogen-bond donors (Lipinski definition) is 0. The SMILES string of the molecule is C=C(C)C(=O)OCCCCCCc1ccc(C(F)(F)Oc2ccc(OC(F)(F)c3ccc(CCCCCCOC(=O)C(=C)C)cc3)c(C)c2)cc1.C=C(C)C(=O)OCCCCCc1cc(F)c(C(F)(F)Oc2ccc(OC(F)(F)c3c(F)cc(CCCCCOC(=O)C(=C)C)cc3F)c(C)c2)c(F)c1. The molecule has 12 nitrogen and oxygen atoms in total. The second-order valence-corrected chi connectivity index (χ2v) is 25.2. The zero-order chi connectivity index (χ0) is 77.0. The van der Waals surface area contributed by atoms with Crippen LogP contribution >= 0.6 is 0 Å². The Bertz CT molecular complexity index is 3860. The molecule has 0 N–H and O–H groups in total. The van der Waals surface area contributed by atoms with Crippen molar-refractivity contribution >= 4 is 23.9 Å². The van der Waals surface area contributed by atoms with Gasteiger partial charge >= 0.3 is 48.3 Å². The molecule has 6 aromatic rings. The van der Waals surface area contributed by atoms with Crippen molar-refractivity contribution < 1.29 is 110 Å². The number of rotatable bonds is 42. The van der Waals surface area contributed by atoms with Crippen LogP contribution in [0.2, 0.25) is 0 Å². The lowest BCUT2D eigenvalue weighted by molar-refractivity contribution is -0.192. The monoisotopic (exact) mass is 1470 g/mol. The Morgan fingerprint density at radius 1 is 0.317 bits per heavy atom. The second-order valence-electron chi connectivity index (χ2n) is 25.2. The van der Waals surface area contributed by atoms with Gasteiger partial charge in [0.15, 0.2) is 0 Å².